The van der Waals surface area contributed by atoms with E-state index >= 15 is 0 Å². The first-order valence-electron chi connectivity index (χ1n) is 16.4. The molecule has 1 unspecified atom stereocenters. The fourth-order valence-corrected chi connectivity index (χ4v) is 7.62. The van der Waals surface area contributed by atoms with Crippen LogP contribution in [0.1, 0.15) is 43.2 Å². The Morgan fingerprint density at radius 2 is 1.47 bits per heavy atom. The SMILES string of the molecule is COc1ccc(S(=O)(=O)N(CC(=O)N(Cc2cccc(OC)c2)C(Cc2ccccc2)C(=O)NC2CCCCC2)c2ccc(Cl)cc2)cc1. The van der Waals surface area contributed by atoms with Gasteiger partial charge in [0, 0.05) is 24.0 Å². The molecule has 49 heavy (non-hydrogen) atoms. The van der Waals surface area contributed by atoms with Crippen LogP contribution in [0.4, 0.5) is 5.69 Å². The summed E-state index contributed by atoms with van der Waals surface area (Å²) in [5.74, 6) is 0.268. The number of rotatable bonds is 14. The van der Waals surface area contributed by atoms with Crippen LogP contribution in [0.25, 0.3) is 0 Å². The van der Waals surface area contributed by atoms with Gasteiger partial charge in [0.2, 0.25) is 11.8 Å². The van der Waals surface area contributed by atoms with Crippen LogP contribution in [0, 0.1) is 0 Å². The summed E-state index contributed by atoms with van der Waals surface area (Å²) < 4.78 is 40.3. The van der Waals surface area contributed by atoms with Crippen molar-refractivity contribution in [3.63, 3.8) is 0 Å². The van der Waals surface area contributed by atoms with Gasteiger partial charge in [-0.3, -0.25) is 13.9 Å². The monoisotopic (exact) mass is 703 g/mol. The maximum Gasteiger partial charge on any atom is 0.264 e. The molecule has 258 valence electrons. The maximum atomic E-state index is 14.7. The average Bonchev–Trinajstić information content (AvgIpc) is 3.13. The zero-order chi connectivity index (χ0) is 34.8. The first-order chi connectivity index (χ1) is 23.7. The van der Waals surface area contributed by atoms with Crippen molar-refractivity contribution >= 4 is 39.1 Å². The summed E-state index contributed by atoms with van der Waals surface area (Å²) in [6, 6.07) is 28.1. The van der Waals surface area contributed by atoms with E-state index in [1.807, 2.05) is 48.5 Å². The van der Waals surface area contributed by atoms with E-state index in [0.29, 0.717) is 16.5 Å². The highest BCUT2D eigenvalue weighted by molar-refractivity contribution is 7.92. The Morgan fingerprint density at radius 3 is 2.12 bits per heavy atom. The third-order valence-electron chi connectivity index (χ3n) is 8.75. The van der Waals surface area contributed by atoms with Crippen molar-refractivity contribution in [2.24, 2.45) is 0 Å². The number of nitrogens with one attached hydrogen (secondary N) is 1. The van der Waals surface area contributed by atoms with Crippen molar-refractivity contribution in [2.45, 2.75) is 62.0 Å². The van der Waals surface area contributed by atoms with Crippen molar-refractivity contribution < 1.29 is 27.5 Å². The van der Waals surface area contributed by atoms with E-state index in [4.69, 9.17) is 21.1 Å². The molecule has 11 heteroatoms. The minimum Gasteiger partial charge on any atom is -0.497 e. The third kappa shape index (κ3) is 9.33. The van der Waals surface area contributed by atoms with E-state index in [1.54, 1.807) is 49.6 Å². The molecule has 0 heterocycles. The molecule has 2 amide bonds. The van der Waals surface area contributed by atoms with E-state index in [9.17, 15) is 18.0 Å². The summed E-state index contributed by atoms with van der Waals surface area (Å²) in [6.07, 6.45) is 5.17. The second-order valence-corrected chi connectivity index (χ2v) is 14.4. The second kappa shape index (κ2) is 16.7. The molecule has 0 aliphatic heterocycles. The number of sulfonamides is 1. The maximum absolute atomic E-state index is 14.7. The molecule has 0 saturated heterocycles. The minimum atomic E-state index is -4.26. The molecular weight excluding hydrogens is 662 g/mol. The summed E-state index contributed by atoms with van der Waals surface area (Å²) in [5, 5.41) is 3.64. The van der Waals surface area contributed by atoms with Crippen LogP contribution >= 0.6 is 11.6 Å². The molecule has 1 N–H and O–H groups in total. The Balaban J connectivity index is 1.57. The number of carbonyl (C=O) groups is 2. The van der Waals surface area contributed by atoms with Gasteiger partial charge in [-0.05, 0) is 84.6 Å². The molecule has 1 aliphatic rings. The summed E-state index contributed by atoms with van der Waals surface area (Å²) in [6.45, 7) is -0.523. The Bertz CT molecular complexity index is 1800. The zero-order valence-electron chi connectivity index (χ0n) is 27.8. The third-order valence-corrected chi connectivity index (χ3v) is 10.8. The largest absolute Gasteiger partial charge is 0.497 e. The molecule has 0 aromatic heterocycles. The Kier molecular flexibility index (Phi) is 12.2. The number of benzene rings is 4. The van der Waals surface area contributed by atoms with Gasteiger partial charge in [-0.1, -0.05) is 73.3 Å². The number of methoxy groups -OCH3 is 2. The summed E-state index contributed by atoms with van der Waals surface area (Å²) in [5.41, 5.74) is 1.85. The van der Waals surface area contributed by atoms with Crippen LogP contribution in [0.5, 0.6) is 11.5 Å². The highest BCUT2D eigenvalue weighted by Gasteiger charge is 2.35. The van der Waals surface area contributed by atoms with Crippen LogP contribution in [-0.4, -0.2) is 58.0 Å². The lowest BCUT2D eigenvalue weighted by Gasteiger charge is -2.35. The molecule has 4 aromatic rings. The van der Waals surface area contributed by atoms with Gasteiger partial charge in [-0.25, -0.2) is 8.42 Å². The lowest BCUT2D eigenvalue weighted by atomic mass is 9.94. The number of ether oxygens (including phenoxy) is 2. The van der Waals surface area contributed by atoms with Gasteiger partial charge >= 0.3 is 0 Å². The van der Waals surface area contributed by atoms with E-state index < -0.39 is 28.5 Å². The lowest BCUT2D eigenvalue weighted by Crippen LogP contribution is -2.55. The molecule has 0 bridgehead atoms. The van der Waals surface area contributed by atoms with Crippen molar-refractivity contribution in [3.05, 3.63) is 119 Å². The first kappa shape index (κ1) is 35.8. The molecule has 5 rings (SSSR count). The summed E-state index contributed by atoms with van der Waals surface area (Å²) >= 11 is 6.17. The van der Waals surface area contributed by atoms with E-state index in [1.165, 1.54) is 24.1 Å². The van der Waals surface area contributed by atoms with Crippen molar-refractivity contribution in [3.8, 4) is 11.5 Å². The molecule has 1 fully saturated rings. The molecule has 1 saturated carbocycles. The molecule has 4 aromatic carbocycles. The van der Waals surface area contributed by atoms with E-state index in [0.717, 1.165) is 47.5 Å². The normalized spacial score (nSPS) is 14.0. The first-order valence-corrected chi connectivity index (χ1v) is 18.2. The predicted molar refractivity (Wildman–Crippen MR) is 191 cm³/mol. The van der Waals surface area contributed by atoms with E-state index in [-0.39, 0.29) is 35.5 Å². The Labute approximate surface area is 293 Å². The number of amides is 2. The van der Waals surface area contributed by atoms with Gasteiger partial charge < -0.3 is 19.7 Å². The van der Waals surface area contributed by atoms with Gasteiger partial charge in [0.15, 0.2) is 0 Å². The van der Waals surface area contributed by atoms with Crippen LogP contribution in [0.2, 0.25) is 5.02 Å². The fraction of sp³-hybridized carbons (Fsp3) is 0.316. The highest BCUT2D eigenvalue weighted by atomic mass is 35.5. The van der Waals surface area contributed by atoms with Gasteiger partial charge in [-0.15, -0.1) is 0 Å². The Hall–Kier alpha value is -4.54. The summed E-state index contributed by atoms with van der Waals surface area (Å²) in [7, 11) is -1.21. The van der Waals surface area contributed by atoms with Gasteiger partial charge in [0.05, 0.1) is 24.8 Å². The quantitative estimate of drug-likeness (QED) is 0.158. The van der Waals surface area contributed by atoms with Crippen LogP contribution in [-0.2, 0) is 32.6 Å². The molecule has 9 nitrogen and oxygen atoms in total. The molecule has 1 aliphatic carbocycles. The number of carbonyl (C=O) groups excluding carboxylic acids is 2. The van der Waals surface area contributed by atoms with Gasteiger partial charge in [0.25, 0.3) is 10.0 Å². The molecule has 1 atom stereocenters. The van der Waals surface area contributed by atoms with Gasteiger partial charge in [0.1, 0.15) is 24.1 Å². The number of anilines is 1. The van der Waals surface area contributed by atoms with Crippen molar-refractivity contribution in [1.29, 1.82) is 0 Å². The molecule has 0 spiro atoms. The Morgan fingerprint density at radius 1 is 0.816 bits per heavy atom. The van der Waals surface area contributed by atoms with Crippen LogP contribution in [0.3, 0.4) is 0 Å². The standard InChI is InChI=1S/C38H42ClN3O6S/c1-47-33-20-22-35(23-21-33)49(45,46)42(32-18-16-30(39)17-19-32)27-37(43)41(26-29-12-9-15-34(24-29)48-2)36(25-28-10-5-3-6-11-28)38(44)40-31-13-7-4-8-14-31/h3,5-6,9-12,15-24,31,36H,4,7-8,13-14,25-27H2,1-2H3,(H,40,44). The topological polar surface area (TPSA) is 105 Å². The second-order valence-electron chi connectivity index (χ2n) is 12.1. The molecule has 0 radical (unpaired) electrons. The van der Waals surface area contributed by atoms with E-state index in [2.05, 4.69) is 5.32 Å². The van der Waals surface area contributed by atoms with Crippen LogP contribution in [0.15, 0.2) is 108 Å². The average molecular weight is 704 g/mol. The van der Waals surface area contributed by atoms with Crippen molar-refractivity contribution in [1.82, 2.24) is 10.2 Å². The fourth-order valence-electron chi connectivity index (χ4n) is 6.08. The number of hydrogen-bond acceptors (Lipinski definition) is 6. The molecular formula is C38H42ClN3O6S. The minimum absolute atomic E-state index is 0.00862. The smallest absolute Gasteiger partial charge is 0.264 e. The number of hydrogen-bond donors (Lipinski definition) is 1. The summed E-state index contributed by atoms with van der Waals surface area (Å²) in [4.78, 5) is 30.5. The van der Waals surface area contributed by atoms with Crippen LogP contribution < -0.4 is 19.1 Å². The van der Waals surface area contributed by atoms with Gasteiger partial charge in [-0.2, -0.15) is 0 Å². The predicted octanol–water partition coefficient (Wildman–Crippen LogP) is 6.64. The zero-order valence-corrected chi connectivity index (χ0v) is 29.3. The van der Waals surface area contributed by atoms with Crippen molar-refractivity contribution in [2.75, 3.05) is 25.1 Å². The number of nitrogens with zero attached hydrogens (tertiary/aromatic N) is 2. The lowest BCUT2D eigenvalue weighted by molar-refractivity contribution is -0.140. The highest BCUT2D eigenvalue weighted by Crippen LogP contribution is 2.28. The number of halogens is 1.